The first-order valence-electron chi connectivity index (χ1n) is 3.35. The minimum absolute atomic E-state index is 0.419. The van der Waals surface area contributed by atoms with Gasteiger partial charge >= 0.3 is 0 Å². The number of hydrogen-bond donors (Lipinski definition) is 0. The fraction of sp³-hybridized carbons (Fsp3) is 1.00. The van der Waals surface area contributed by atoms with Crippen LogP contribution in [0.5, 0.6) is 0 Å². The first-order valence-corrected chi connectivity index (χ1v) is 9.91. The Morgan fingerprint density at radius 2 is 2.11 bits per heavy atom. The topological polar surface area (TPSA) is 0 Å². The van der Waals surface area contributed by atoms with Gasteiger partial charge in [-0.25, -0.2) is 0 Å². The Labute approximate surface area is 68.6 Å². The third-order valence-electron chi connectivity index (χ3n) is 1.72. The molecule has 0 bridgehead atoms. The maximum absolute atomic E-state index is 6.28. The zero-order chi connectivity index (χ0) is 6.91. The Balaban J connectivity index is 2.23. The quantitative estimate of drug-likeness (QED) is 0.472. The highest BCUT2D eigenvalue weighted by atomic mass is 35.6. The molecule has 0 amide bonds. The molecule has 0 aromatic carbocycles. The maximum atomic E-state index is 6.28. The van der Waals surface area contributed by atoms with Gasteiger partial charge in [0.1, 0.15) is 0 Å². The molecule has 1 radical (unpaired) electrons. The van der Waals surface area contributed by atoms with Crippen LogP contribution >= 0.6 is 22.2 Å². The van der Waals surface area contributed by atoms with E-state index in [1.807, 2.05) is 0 Å². The molecule has 0 atom stereocenters. The summed E-state index contributed by atoms with van der Waals surface area (Å²) in [5, 5.41) is 0. The van der Waals surface area contributed by atoms with Crippen molar-refractivity contribution in [3.8, 4) is 0 Å². The van der Waals surface area contributed by atoms with E-state index < -0.39 is 15.5 Å². The van der Waals surface area contributed by atoms with Gasteiger partial charge in [0.2, 0.25) is 0 Å². The van der Waals surface area contributed by atoms with Crippen molar-refractivity contribution >= 4 is 37.6 Å². The Morgan fingerprint density at radius 3 is 2.44 bits per heavy atom. The molecule has 1 aliphatic heterocycles. The van der Waals surface area contributed by atoms with E-state index in [4.69, 9.17) is 22.2 Å². The molecule has 0 nitrogen and oxygen atoms in total. The lowest BCUT2D eigenvalue weighted by molar-refractivity contribution is 1.05. The predicted octanol–water partition coefficient (Wildman–Crippen LogP) is 2.90. The maximum Gasteiger partial charge on any atom is 0.162 e. The highest BCUT2D eigenvalue weighted by molar-refractivity contribution is 7.39. The molecule has 9 heavy (non-hydrogen) atoms. The molecule has 1 rings (SSSR count). The fourth-order valence-corrected chi connectivity index (χ4v) is 18.0. The summed E-state index contributed by atoms with van der Waals surface area (Å²) >= 11 is 12.2. The van der Waals surface area contributed by atoms with Gasteiger partial charge in [-0.3, -0.25) is 0 Å². The lowest BCUT2D eigenvalue weighted by atomic mass is 10.6. The molecule has 0 unspecified atom stereocenters. The molecule has 1 fully saturated rings. The normalized spacial score (nSPS) is 25.7. The van der Waals surface area contributed by atoms with Crippen LogP contribution in [0.2, 0.25) is 17.4 Å². The monoisotopic (exact) mass is 197 g/mol. The van der Waals surface area contributed by atoms with E-state index >= 15 is 0 Å². The Hall–Kier alpha value is 1.01. The number of hydrogen-bond acceptors (Lipinski definition) is 0. The average molecular weight is 198 g/mol. The van der Waals surface area contributed by atoms with Crippen LogP contribution in [-0.2, 0) is 0 Å². The van der Waals surface area contributed by atoms with Gasteiger partial charge in [0.15, 0.2) is 15.5 Å². The van der Waals surface area contributed by atoms with Crippen molar-refractivity contribution in [1.82, 2.24) is 0 Å². The molecule has 1 saturated heterocycles. The summed E-state index contributed by atoms with van der Waals surface area (Å²) in [7, 11) is -1.59. The first kappa shape index (κ1) is 8.11. The van der Waals surface area contributed by atoms with Gasteiger partial charge in [0.25, 0.3) is 0 Å². The summed E-state index contributed by atoms with van der Waals surface area (Å²) in [5.41, 5.74) is 2.49. The van der Waals surface area contributed by atoms with Crippen LogP contribution in [0.1, 0.15) is 13.3 Å². The van der Waals surface area contributed by atoms with E-state index in [1.54, 1.807) is 0 Å². The van der Waals surface area contributed by atoms with Gasteiger partial charge in [-0.15, -0.1) is 0 Å². The molecule has 0 aliphatic carbocycles. The molecule has 53 valence electrons. The summed E-state index contributed by atoms with van der Waals surface area (Å²) in [6.45, 7) is 2.20. The van der Waals surface area contributed by atoms with Crippen molar-refractivity contribution in [2.24, 2.45) is 0 Å². The van der Waals surface area contributed by atoms with E-state index in [9.17, 15) is 0 Å². The van der Waals surface area contributed by atoms with Crippen molar-refractivity contribution in [2.45, 2.75) is 30.7 Å². The van der Waals surface area contributed by atoms with Crippen molar-refractivity contribution < 1.29 is 0 Å². The lowest BCUT2D eigenvalue weighted by Gasteiger charge is -2.35. The highest BCUT2D eigenvalue weighted by Gasteiger charge is 2.44. The first-order chi connectivity index (χ1) is 4.16. The standard InChI is InChI=1S/C5H11Cl2Si2/c1-2-3-9(7)4-8(6)5-9/h2-5H2,1H3. The van der Waals surface area contributed by atoms with E-state index in [0.29, 0.717) is 0 Å². The summed E-state index contributed by atoms with van der Waals surface area (Å²) < 4.78 is 0. The van der Waals surface area contributed by atoms with Crippen molar-refractivity contribution in [1.29, 1.82) is 0 Å². The molecule has 0 saturated carbocycles. The molecule has 0 N–H and O–H groups in total. The third-order valence-corrected chi connectivity index (χ3v) is 16.6. The van der Waals surface area contributed by atoms with Crippen LogP contribution in [0.3, 0.4) is 0 Å². The summed E-state index contributed by atoms with van der Waals surface area (Å²) in [6.07, 6.45) is 1.25. The van der Waals surface area contributed by atoms with Gasteiger partial charge in [0.05, 0.1) is 0 Å². The van der Waals surface area contributed by atoms with Crippen LogP contribution in [0.15, 0.2) is 0 Å². The number of rotatable bonds is 2. The summed E-state index contributed by atoms with van der Waals surface area (Å²) in [5.74, 6) is 0. The van der Waals surface area contributed by atoms with E-state index in [2.05, 4.69) is 6.92 Å². The zero-order valence-electron chi connectivity index (χ0n) is 5.58. The van der Waals surface area contributed by atoms with E-state index in [-0.39, 0.29) is 0 Å². The van der Waals surface area contributed by atoms with Gasteiger partial charge in [-0.1, -0.05) is 13.3 Å². The van der Waals surface area contributed by atoms with Gasteiger partial charge < -0.3 is 0 Å². The molecule has 1 aliphatic rings. The minimum Gasteiger partial charge on any atom is -0.170 e. The van der Waals surface area contributed by atoms with Gasteiger partial charge in [0, 0.05) is 0 Å². The smallest absolute Gasteiger partial charge is 0.162 e. The van der Waals surface area contributed by atoms with E-state index in [0.717, 1.165) is 0 Å². The van der Waals surface area contributed by atoms with E-state index in [1.165, 1.54) is 23.8 Å². The van der Waals surface area contributed by atoms with Crippen molar-refractivity contribution in [2.75, 3.05) is 0 Å². The molecular formula is C5H11Cl2Si2. The van der Waals surface area contributed by atoms with Crippen LogP contribution < -0.4 is 0 Å². The third kappa shape index (κ3) is 1.97. The average Bonchev–Trinajstić information content (AvgIpc) is 1.62. The highest BCUT2D eigenvalue weighted by Crippen LogP contribution is 2.40. The van der Waals surface area contributed by atoms with Crippen LogP contribution in [0.4, 0.5) is 0 Å². The lowest BCUT2D eigenvalue weighted by Crippen LogP contribution is -2.45. The molecule has 0 spiro atoms. The molecule has 0 aromatic rings. The van der Waals surface area contributed by atoms with Crippen molar-refractivity contribution in [3.05, 3.63) is 0 Å². The van der Waals surface area contributed by atoms with Crippen molar-refractivity contribution in [3.63, 3.8) is 0 Å². The Bertz CT molecular complexity index is 95.6. The largest absolute Gasteiger partial charge is 0.170 e. The van der Waals surface area contributed by atoms with Gasteiger partial charge in [-0.2, -0.15) is 22.2 Å². The van der Waals surface area contributed by atoms with Crippen LogP contribution in [-0.4, -0.2) is 15.5 Å². The zero-order valence-corrected chi connectivity index (χ0v) is 9.10. The fourth-order valence-electron chi connectivity index (χ4n) is 1.26. The Morgan fingerprint density at radius 1 is 1.56 bits per heavy atom. The van der Waals surface area contributed by atoms with Gasteiger partial charge in [-0.05, 0) is 17.4 Å². The minimum atomic E-state index is -1.17. The number of halogens is 2. The van der Waals surface area contributed by atoms with Crippen LogP contribution in [0, 0.1) is 0 Å². The molecule has 1 heterocycles. The Kier molecular flexibility index (Phi) is 2.66. The second kappa shape index (κ2) is 2.95. The second-order valence-electron chi connectivity index (χ2n) is 2.77. The molecular weight excluding hydrogens is 187 g/mol. The SMILES string of the molecule is CCC[Si]1(Cl)C[Si](Cl)C1. The summed E-state index contributed by atoms with van der Waals surface area (Å²) in [6, 6.07) is 1.29. The summed E-state index contributed by atoms with van der Waals surface area (Å²) in [4.78, 5) is 0. The molecule has 4 heteroatoms. The predicted molar refractivity (Wildman–Crippen MR) is 47.9 cm³/mol. The second-order valence-corrected chi connectivity index (χ2v) is 13.4. The van der Waals surface area contributed by atoms with Crippen LogP contribution in [0.25, 0.3) is 0 Å². The molecule has 0 aromatic heterocycles.